The molecule has 86 valence electrons. The molecule has 0 aliphatic rings. The van der Waals surface area contributed by atoms with E-state index in [4.69, 9.17) is 11.6 Å². The van der Waals surface area contributed by atoms with E-state index in [0.717, 1.165) is 10.5 Å². The molecule has 3 nitrogen and oxygen atoms in total. The van der Waals surface area contributed by atoms with Gasteiger partial charge in [-0.05, 0) is 23.6 Å². The van der Waals surface area contributed by atoms with Gasteiger partial charge in [0, 0.05) is 6.54 Å². The molecule has 0 bridgehead atoms. The van der Waals surface area contributed by atoms with E-state index in [-0.39, 0.29) is 12.3 Å². The van der Waals surface area contributed by atoms with E-state index in [9.17, 15) is 9.59 Å². The highest BCUT2D eigenvalue weighted by atomic mass is 35.5. The Kier molecular flexibility index (Phi) is 4.99. The molecule has 0 unspecified atom stereocenters. The van der Waals surface area contributed by atoms with Gasteiger partial charge in [0.05, 0.1) is 6.42 Å². The summed E-state index contributed by atoms with van der Waals surface area (Å²) in [5.74, 6) is -0.256. The van der Waals surface area contributed by atoms with Crippen LogP contribution in [-0.4, -0.2) is 22.7 Å². The van der Waals surface area contributed by atoms with Gasteiger partial charge < -0.3 is 0 Å². The number of rotatable bonds is 4. The van der Waals surface area contributed by atoms with Gasteiger partial charge in [0.2, 0.25) is 5.91 Å². The molecule has 0 saturated carbocycles. The lowest BCUT2D eigenvalue weighted by Crippen LogP contribution is -2.35. The lowest BCUT2D eigenvalue weighted by Gasteiger charge is -2.16. The highest BCUT2D eigenvalue weighted by molar-refractivity contribution is 6.64. The molecule has 0 N–H and O–H groups in total. The molecule has 0 aliphatic carbocycles. The summed E-state index contributed by atoms with van der Waals surface area (Å²) in [6, 6.07) is 9.29. The number of imide groups is 1. The molecule has 4 heteroatoms. The van der Waals surface area contributed by atoms with E-state index in [0.29, 0.717) is 13.0 Å². The van der Waals surface area contributed by atoms with Gasteiger partial charge in [0.15, 0.2) is 0 Å². The van der Waals surface area contributed by atoms with Gasteiger partial charge in [-0.15, -0.1) is 0 Å². The van der Waals surface area contributed by atoms with Gasteiger partial charge in [-0.1, -0.05) is 37.3 Å². The lowest BCUT2D eigenvalue weighted by atomic mass is 10.1. The Morgan fingerprint density at radius 1 is 1.25 bits per heavy atom. The molecule has 2 amide bonds. The first-order chi connectivity index (χ1) is 7.65. The van der Waals surface area contributed by atoms with Crippen LogP contribution in [0.5, 0.6) is 0 Å². The van der Waals surface area contributed by atoms with Crippen LogP contribution in [-0.2, 0) is 11.2 Å². The second-order valence-corrected chi connectivity index (χ2v) is 3.78. The number of amides is 2. The van der Waals surface area contributed by atoms with Crippen molar-refractivity contribution < 1.29 is 9.59 Å². The molecule has 0 atom stereocenters. The molecule has 0 aliphatic heterocycles. The van der Waals surface area contributed by atoms with Crippen molar-refractivity contribution in [2.45, 2.75) is 19.8 Å². The SMILES string of the molecule is CCCN(C(=O)Cl)C(=O)Cc1ccccc1. The highest BCUT2D eigenvalue weighted by Crippen LogP contribution is 2.06. The van der Waals surface area contributed by atoms with Crippen molar-refractivity contribution in [1.29, 1.82) is 0 Å². The van der Waals surface area contributed by atoms with E-state index < -0.39 is 5.37 Å². The summed E-state index contributed by atoms with van der Waals surface area (Å²) in [5, 5.41) is -0.706. The van der Waals surface area contributed by atoms with Crippen LogP contribution in [0.25, 0.3) is 0 Å². The molecule has 0 spiro atoms. The molecule has 0 radical (unpaired) electrons. The van der Waals surface area contributed by atoms with Crippen molar-refractivity contribution in [3.8, 4) is 0 Å². The van der Waals surface area contributed by atoms with Crippen LogP contribution in [0.3, 0.4) is 0 Å². The molecular weight excluding hydrogens is 226 g/mol. The number of carbonyl (C=O) groups is 2. The van der Waals surface area contributed by atoms with Crippen molar-refractivity contribution in [3.63, 3.8) is 0 Å². The predicted molar refractivity (Wildman–Crippen MR) is 63.4 cm³/mol. The Hall–Kier alpha value is -1.35. The monoisotopic (exact) mass is 239 g/mol. The minimum Gasteiger partial charge on any atom is -0.274 e. The van der Waals surface area contributed by atoms with Crippen molar-refractivity contribution in [1.82, 2.24) is 4.90 Å². The molecule has 1 aromatic carbocycles. The van der Waals surface area contributed by atoms with Gasteiger partial charge in [-0.3, -0.25) is 14.5 Å². The summed E-state index contributed by atoms with van der Waals surface area (Å²) in [7, 11) is 0. The Bertz CT molecular complexity index is 365. The van der Waals surface area contributed by atoms with E-state index in [1.807, 2.05) is 37.3 Å². The minimum atomic E-state index is -0.706. The number of benzene rings is 1. The maximum atomic E-state index is 11.8. The third-order valence-electron chi connectivity index (χ3n) is 2.16. The number of hydrogen-bond acceptors (Lipinski definition) is 2. The largest absolute Gasteiger partial charge is 0.323 e. The number of nitrogens with zero attached hydrogens (tertiary/aromatic N) is 1. The summed E-state index contributed by atoms with van der Waals surface area (Å²) in [6.45, 7) is 2.26. The van der Waals surface area contributed by atoms with E-state index in [2.05, 4.69) is 0 Å². The minimum absolute atomic E-state index is 0.208. The normalized spacial score (nSPS) is 9.88. The zero-order valence-corrected chi connectivity index (χ0v) is 9.91. The lowest BCUT2D eigenvalue weighted by molar-refractivity contribution is -0.127. The quantitative estimate of drug-likeness (QED) is 0.599. The fourth-order valence-corrected chi connectivity index (χ4v) is 1.58. The Morgan fingerprint density at radius 3 is 2.38 bits per heavy atom. The van der Waals surface area contributed by atoms with Crippen molar-refractivity contribution in [2.24, 2.45) is 0 Å². The molecule has 0 heterocycles. The van der Waals surface area contributed by atoms with Gasteiger partial charge in [-0.2, -0.15) is 0 Å². The second-order valence-electron chi connectivity index (χ2n) is 3.46. The second kappa shape index (κ2) is 6.28. The summed E-state index contributed by atoms with van der Waals surface area (Å²) in [6.07, 6.45) is 0.915. The van der Waals surface area contributed by atoms with Crippen molar-refractivity contribution >= 4 is 22.9 Å². The zero-order chi connectivity index (χ0) is 12.0. The molecule has 1 aromatic rings. The van der Waals surface area contributed by atoms with Crippen LogP contribution in [0, 0.1) is 0 Å². The summed E-state index contributed by atoms with van der Waals surface area (Å²) in [5.41, 5.74) is 0.881. The number of halogens is 1. The maximum absolute atomic E-state index is 11.8. The van der Waals surface area contributed by atoms with Gasteiger partial charge in [-0.25, -0.2) is 0 Å². The van der Waals surface area contributed by atoms with Crippen LogP contribution in [0.4, 0.5) is 4.79 Å². The Labute approximate surface area is 100 Å². The van der Waals surface area contributed by atoms with Crippen molar-refractivity contribution in [2.75, 3.05) is 6.54 Å². The van der Waals surface area contributed by atoms with Crippen LogP contribution in [0.2, 0.25) is 0 Å². The smallest absolute Gasteiger partial charge is 0.274 e. The third kappa shape index (κ3) is 3.66. The Balaban J connectivity index is 2.66. The first-order valence-electron chi connectivity index (χ1n) is 5.19. The predicted octanol–water partition coefficient (Wildman–Crippen LogP) is 2.83. The van der Waals surface area contributed by atoms with Gasteiger partial charge in [0.25, 0.3) is 0 Å². The highest BCUT2D eigenvalue weighted by Gasteiger charge is 2.18. The van der Waals surface area contributed by atoms with E-state index in [1.165, 1.54) is 0 Å². The zero-order valence-electron chi connectivity index (χ0n) is 9.15. The standard InChI is InChI=1S/C12H14ClNO2/c1-2-8-14(12(13)16)11(15)9-10-6-4-3-5-7-10/h3-7H,2,8-9H2,1H3. The molecule has 0 fully saturated rings. The fourth-order valence-electron chi connectivity index (χ4n) is 1.40. The first-order valence-corrected chi connectivity index (χ1v) is 5.56. The van der Waals surface area contributed by atoms with Crippen molar-refractivity contribution in [3.05, 3.63) is 35.9 Å². The molecule has 16 heavy (non-hydrogen) atoms. The van der Waals surface area contributed by atoms with Crippen LogP contribution in [0.1, 0.15) is 18.9 Å². The molecule has 1 rings (SSSR count). The molecule has 0 saturated heterocycles. The molecular formula is C12H14ClNO2. The van der Waals surface area contributed by atoms with Crippen LogP contribution < -0.4 is 0 Å². The maximum Gasteiger partial charge on any atom is 0.323 e. The Morgan fingerprint density at radius 2 is 1.88 bits per heavy atom. The molecule has 0 aromatic heterocycles. The van der Waals surface area contributed by atoms with Gasteiger partial charge in [0.1, 0.15) is 0 Å². The van der Waals surface area contributed by atoms with Gasteiger partial charge >= 0.3 is 5.37 Å². The fraction of sp³-hybridized carbons (Fsp3) is 0.333. The summed E-state index contributed by atoms with van der Waals surface area (Å²) >= 11 is 5.35. The topological polar surface area (TPSA) is 37.4 Å². The number of hydrogen-bond donors (Lipinski definition) is 0. The van der Waals surface area contributed by atoms with Crippen LogP contribution >= 0.6 is 11.6 Å². The van der Waals surface area contributed by atoms with Crippen LogP contribution in [0.15, 0.2) is 30.3 Å². The summed E-state index contributed by atoms with van der Waals surface area (Å²) in [4.78, 5) is 23.9. The van der Waals surface area contributed by atoms with E-state index in [1.54, 1.807) is 0 Å². The third-order valence-corrected chi connectivity index (χ3v) is 2.36. The summed E-state index contributed by atoms with van der Waals surface area (Å²) < 4.78 is 0. The number of carbonyl (C=O) groups excluding carboxylic acids is 2. The van der Waals surface area contributed by atoms with E-state index >= 15 is 0 Å². The average molecular weight is 240 g/mol. The first kappa shape index (κ1) is 12.7. The average Bonchev–Trinajstić information content (AvgIpc) is 2.26.